The van der Waals surface area contributed by atoms with Crippen LogP contribution in [0.15, 0.2) is 53.4 Å². The van der Waals surface area contributed by atoms with Crippen LogP contribution in [0.25, 0.3) is 0 Å². The maximum Gasteiger partial charge on any atom is 0.240 e. The fourth-order valence-electron chi connectivity index (χ4n) is 2.95. The summed E-state index contributed by atoms with van der Waals surface area (Å²) < 4.78 is 27.7. The Morgan fingerprint density at radius 2 is 1.83 bits per heavy atom. The van der Waals surface area contributed by atoms with Gasteiger partial charge in [0.25, 0.3) is 0 Å². The van der Waals surface area contributed by atoms with Crippen molar-refractivity contribution in [1.82, 2.24) is 4.72 Å². The van der Waals surface area contributed by atoms with Gasteiger partial charge in [-0.1, -0.05) is 44.2 Å². The Morgan fingerprint density at radius 3 is 2.50 bits per heavy atom. The molecule has 126 valence electrons. The molecule has 3 rings (SSSR count). The van der Waals surface area contributed by atoms with Crippen molar-refractivity contribution in [3.8, 4) is 0 Å². The second kappa shape index (κ2) is 6.37. The molecular formula is C18H20N2O3S. The van der Waals surface area contributed by atoms with Crippen molar-refractivity contribution < 1.29 is 13.2 Å². The smallest absolute Gasteiger partial charge is 0.240 e. The Balaban J connectivity index is 1.86. The molecule has 0 aromatic heterocycles. The molecule has 0 bridgehead atoms. The molecule has 1 aliphatic heterocycles. The molecule has 1 atom stereocenters. The topological polar surface area (TPSA) is 75.3 Å². The Morgan fingerprint density at radius 1 is 1.12 bits per heavy atom. The van der Waals surface area contributed by atoms with Crippen molar-refractivity contribution in [2.24, 2.45) is 5.92 Å². The molecule has 24 heavy (non-hydrogen) atoms. The maximum atomic E-state index is 12.5. The number of hydrogen-bond donors (Lipinski definition) is 2. The predicted octanol–water partition coefficient (Wildman–Crippen LogP) is 2.86. The normalized spacial score (nSPS) is 17.0. The standard InChI is InChI=1S/C18H20N2O3S/c1-12(2)17-15-10-14(8-9-16(15)20-18(17)21)24(22,23)19-11-13-6-4-3-5-7-13/h3-10,12,17,19H,11H2,1-2H3,(H,20,21). The van der Waals surface area contributed by atoms with Crippen molar-refractivity contribution in [1.29, 1.82) is 0 Å². The summed E-state index contributed by atoms with van der Waals surface area (Å²) in [7, 11) is -3.64. The van der Waals surface area contributed by atoms with Crippen molar-refractivity contribution in [2.75, 3.05) is 5.32 Å². The van der Waals surface area contributed by atoms with Gasteiger partial charge in [-0.3, -0.25) is 4.79 Å². The zero-order valence-corrected chi connectivity index (χ0v) is 14.4. The summed E-state index contributed by atoms with van der Waals surface area (Å²) in [5.74, 6) is -0.294. The van der Waals surface area contributed by atoms with Gasteiger partial charge in [-0.2, -0.15) is 0 Å². The zero-order valence-electron chi connectivity index (χ0n) is 13.6. The largest absolute Gasteiger partial charge is 0.325 e. The van der Waals surface area contributed by atoms with E-state index >= 15 is 0 Å². The molecule has 1 amide bonds. The lowest BCUT2D eigenvalue weighted by Crippen LogP contribution is -2.23. The molecule has 0 saturated carbocycles. The molecule has 0 fully saturated rings. The van der Waals surface area contributed by atoms with Gasteiger partial charge in [0.05, 0.1) is 10.8 Å². The van der Waals surface area contributed by atoms with E-state index in [0.29, 0.717) is 5.69 Å². The molecule has 0 saturated heterocycles. The molecule has 2 N–H and O–H groups in total. The number of carbonyl (C=O) groups is 1. The van der Waals surface area contributed by atoms with Crippen molar-refractivity contribution in [2.45, 2.75) is 31.2 Å². The molecule has 0 radical (unpaired) electrons. The fraction of sp³-hybridized carbons (Fsp3) is 0.278. The minimum absolute atomic E-state index is 0.0770. The first kappa shape index (κ1) is 16.7. The third kappa shape index (κ3) is 3.20. The number of anilines is 1. The van der Waals surface area contributed by atoms with Gasteiger partial charge in [0.1, 0.15) is 0 Å². The highest BCUT2D eigenvalue weighted by atomic mass is 32.2. The van der Waals surface area contributed by atoms with Crippen LogP contribution in [0.2, 0.25) is 0 Å². The van der Waals surface area contributed by atoms with Crippen LogP contribution >= 0.6 is 0 Å². The van der Waals surface area contributed by atoms with Gasteiger partial charge in [-0.05, 0) is 35.2 Å². The third-order valence-corrected chi connectivity index (χ3v) is 5.58. The van der Waals surface area contributed by atoms with Crippen LogP contribution < -0.4 is 10.0 Å². The lowest BCUT2D eigenvalue weighted by atomic mass is 9.90. The van der Waals surface area contributed by atoms with Crippen molar-refractivity contribution >= 4 is 21.6 Å². The Kier molecular flexibility index (Phi) is 4.43. The van der Waals surface area contributed by atoms with E-state index in [2.05, 4.69) is 10.0 Å². The average molecular weight is 344 g/mol. The van der Waals surface area contributed by atoms with Crippen LogP contribution in [0.4, 0.5) is 5.69 Å². The summed E-state index contributed by atoms with van der Waals surface area (Å²) in [6.45, 7) is 4.13. The molecular weight excluding hydrogens is 324 g/mol. The van der Waals surface area contributed by atoms with E-state index in [1.165, 1.54) is 6.07 Å². The molecule has 2 aromatic rings. The molecule has 0 spiro atoms. The second-order valence-electron chi connectivity index (χ2n) is 6.27. The Bertz CT molecular complexity index is 861. The summed E-state index contributed by atoms with van der Waals surface area (Å²) in [5.41, 5.74) is 2.33. The van der Waals surface area contributed by atoms with E-state index in [9.17, 15) is 13.2 Å². The lowest BCUT2D eigenvalue weighted by molar-refractivity contribution is -0.117. The van der Waals surface area contributed by atoms with Gasteiger partial charge in [0.2, 0.25) is 15.9 Å². The quantitative estimate of drug-likeness (QED) is 0.876. The van der Waals surface area contributed by atoms with Crippen molar-refractivity contribution in [3.63, 3.8) is 0 Å². The first-order valence-corrected chi connectivity index (χ1v) is 9.35. The number of fused-ring (bicyclic) bond motifs is 1. The van der Waals surface area contributed by atoms with Crippen LogP contribution in [0.5, 0.6) is 0 Å². The van der Waals surface area contributed by atoms with Gasteiger partial charge in [0.15, 0.2) is 0 Å². The Labute approximate surface area is 142 Å². The number of hydrogen-bond acceptors (Lipinski definition) is 3. The van der Waals surface area contributed by atoms with Crippen LogP contribution in [0, 0.1) is 5.92 Å². The van der Waals surface area contributed by atoms with Crippen LogP contribution in [-0.2, 0) is 21.4 Å². The van der Waals surface area contributed by atoms with Crippen molar-refractivity contribution in [3.05, 3.63) is 59.7 Å². The zero-order chi connectivity index (χ0) is 17.3. The van der Waals surface area contributed by atoms with Gasteiger partial charge in [-0.15, -0.1) is 0 Å². The molecule has 5 nitrogen and oxygen atoms in total. The molecule has 1 aliphatic rings. The summed E-state index contributed by atoms with van der Waals surface area (Å²) in [6, 6.07) is 14.1. The van der Waals surface area contributed by atoms with Crippen LogP contribution in [0.1, 0.15) is 30.9 Å². The first-order valence-electron chi connectivity index (χ1n) is 7.87. The number of carbonyl (C=O) groups excluding carboxylic acids is 1. The van der Waals surface area contributed by atoms with E-state index in [1.54, 1.807) is 12.1 Å². The van der Waals surface area contributed by atoms with Crippen LogP contribution in [0.3, 0.4) is 0 Å². The minimum Gasteiger partial charge on any atom is -0.325 e. The highest BCUT2D eigenvalue weighted by molar-refractivity contribution is 7.89. The maximum absolute atomic E-state index is 12.5. The van der Waals surface area contributed by atoms with E-state index in [-0.39, 0.29) is 29.2 Å². The van der Waals surface area contributed by atoms with Crippen LogP contribution in [-0.4, -0.2) is 14.3 Å². The van der Waals surface area contributed by atoms with E-state index < -0.39 is 10.0 Å². The molecule has 0 aliphatic carbocycles. The minimum atomic E-state index is -3.64. The first-order chi connectivity index (χ1) is 11.4. The number of benzene rings is 2. The van der Waals surface area contributed by atoms with E-state index in [1.807, 2.05) is 44.2 Å². The predicted molar refractivity (Wildman–Crippen MR) is 93.1 cm³/mol. The van der Waals surface area contributed by atoms with E-state index in [0.717, 1.165) is 11.1 Å². The lowest BCUT2D eigenvalue weighted by Gasteiger charge is -2.14. The molecule has 1 heterocycles. The molecule has 6 heteroatoms. The second-order valence-corrected chi connectivity index (χ2v) is 8.04. The summed E-state index contributed by atoms with van der Waals surface area (Å²) in [5, 5.41) is 2.81. The highest BCUT2D eigenvalue weighted by Crippen LogP contribution is 2.38. The third-order valence-electron chi connectivity index (χ3n) is 4.18. The summed E-state index contributed by atoms with van der Waals surface area (Å²) >= 11 is 0. The summed E-state index contributed by atoms with van der Waals surface area (Å²) in [6.07, 6.45) is 0. The average Bonchev–Trinajstić information content (AvgIpc) is 2.89. The summed E-state index contributed by atoms with van der Waals surface area (Å²) in [4.78, 5) is 12.2. The number of rotatable bonds is 5. The number of nitrogens with one attached hydrogen (secondary N) is 2. The highest BCUT2D eigenvalue weighted by Gasteiger charge is 2.33. The molecule has 1 unspecified atom stereocenters. The number of amides is 1. The number of sulfonamides is 1. The van der Waals surface area contributed by atoms with Gasteiger partial charge in [-0.25, -0.2) is 13.1 Å². The van der Waals surface area contributed by atoms with Gasteiger partial charge >= 0.3 is 0 Å². The SMILES string of the molecule is CC(C)C1C(=O)Nc2ccc(S(=O)(=O)NCc3ccccc3)cc21. The molecule has 2 aromatic carbocycles. The van der Waals surface area contributed by atoms with E-state index in [4.69, 9.17) is 0 Å². The van der Waals surface area contributed by atoms with Gasteiger partial charge < -0.3 is 5.32 Å². The Hall–Kier alpha value is -2.18. The van der Waals surface area contributed by atoms with Gasteiger partial charge in [0, 0.05) is 12.2 Å². The fourth-order valence-corrected chi connectivity index (χ4v) is 4.00. The monoisotopic (exact) mass is 344 g/mol.